The highest BCUT2D eigenvalue weighted by molar-refractivity contribution is 7.92. The fourth-order valence-corrected chi connectivity index (χ4v) is 4.30. The molecule has 1 saturated heterocycles. The van der Waals surface area contributed by atoms with Gasteiger partial charge < -0.3 is 9.80 Å². The molecule has 1 aliphatic heterocycles. The minimum Gasteiger partial charge on any atom is -0.339 e. The minimum absolute atomic E-state index is 0.0101. The number of halogens is 2. The van der Waals surface area contributed by atoms with E-state index in [0.29, 0.717) is 26.2 Å². The molecule has 0 aliphatic carbocycles. The van der Waals surface area contributed by atoms with E-state index >= 15 is 0 Å². The molecular weight excluding hydrogens is 457 g/mol. The van der Waals surface area contributed by atoms with Crippen LogP contribution in [0.2, 0.25) is 5.02 Å². The van der Waals surface area contributed by atoms with Gasteiger partial charge in [0.1, 0.15) is 5.82 Å². The maximum absolute atomic E-state index is 13.2. The molecule has 1 aliphatic rings. The second-order valence-electron chi connectivity index (χ2n) is 7.20. The molecule has 0 unspecified atom stereocenters. The number of sulfonamides is 1. The number of nitrogens with zero attached hydrogens (tertiary/aromatic N) is 2. The molecule has 10 heteroatoms. The van der Waals surface area contributed by atoms with Crippen LogP contribution in [0, 0.1) is 5.82 Å². The molecule has 1 fully saturated rings. The second kappa shape index (κ2) is 10.7. The number of hydrogen-bond acceptors (Lipinski definition) is 4. The first-order chi connectivity index (χ1) is 15.2. The van der Waals surface area contributed by atoms with Crippen molar-refractivity contribution in [1.82, 2.24) is 14.5 Å². The van der Waals surface area contributed by atoms with Crippen molar-refractivity contribution in [3.05, 3.63) is 75.9 Å². The SMILES string of the molecule is O=C(CCNS(=O)(=O)/C=C/c1ccccc1)N1CCN(C(=O)c2ccc(F)cc2Cl)CC1. The third-order valence-corrected chi connectivity index (χ3v) is 6.38. The molecule has 0 bridgehead atoms. The number of hydrogen-bond donors (Lipinski definition) is 1. The zero-order chi connectivity index (χ0) is 23.1. The Morgan fingerprint density at radius 2 is 1.69 bits per heavy atom. The van der Waals surface area contributed by atoms with Crippen molar-refractivity contribution in [2.45, 2.75) is 6.42 Å². The van der Waals surface area contributed by atoms with E-state index in [-0.39, 0.29) is 35.4 Å². The van der Waals surface area contributed by atoms with Crippen molar-refractivity contribution in [3.8, 4) is 0 Å². The summed E-state index contributed by atoms with van der Waals surface area (Å²) in [6.07, 6.45) is 1.49. The molecule has 2 aromatic rings. The van der Waals surface area contributed by atoms with Crippen LogP contribution in [0.15, 0.2) is 53.9 Å². The van der Waals surface area contributed by atoms with Crippen molar-refractivity contribution >= 4 is 39.5 Å². The predicted octanol–water partition coefficient (Wildman–Crippen LogP) is 2.74. The number of carbonyl (C=O) groups excluding carboxylic acids is 2. The average molecular weight is 480 g/mol. The molecule has 1 heterocycles. The lowest BCUT2D eigenvalue weighted by Crippen LogP contribution is -2.51. The average Bonchev–Trinajstić information content (AvgIpc) is 2.78. The summed E-state index contributed by atoms with van der Waals surface area (Å²) in [7, 11) is -3.66. The van der Waals surface area contributed by atoms with Crippen molar-refractivity contribution in [1.29, 1.82) is 0 Å². The minimum atomic E-state index is -3.66. The van der Waals surface area contributed by atoms with Gasteiger partial charge in [0.2, 0.25) is 15.9 Å². The van der Waals surface area contributed by atoms with Crippen LogP contribution < -0.4 is 4.72 Å². The summed E-state index contributed by atoms with van der Waals surface area (Å²) in [6, 6.07) is 12.6. The summed E-state index contributed by atoms with van der Waals surface area (Å²) in [5.41, 5.74) is 0.967. The number of nitrogens with one attached hydrogen (secondary N) is 1. The molecule has 0 radical (unpaired) electrons. The van der Waals surface area contributed by atoms with E-state index in [0.717, 1.165) is 17.0 Å². The highest BCUT2D eigenvalue weighted by atomic mass is 35.5. The molecule has 0 aromatic heterocycles. The van der Waals surface area contributed by atoms with Crippen LogP contribution in [0.3, 0.4) is 0 Å². The lowest BCUT2D eigenvalue weighted by molar-refractivity contribution is -0.132. The van der Waals surface area contributed by atoms with Gasteiger partial charge in [0.25, 0.3) is 5.91 Å². The Balaban J connectivity index is 1.44. The summed E-state index contributed by atoms with van der Waals surface area (Å²) in [5, 5.41) is 1.11. The molecule has 0 spiro atoms. The van der Waals surface area contributed by atoms with Gasteiger partial charge in [-0.05, 0) is 29.8 Å². The van der Waals surface area contributed by atoms with Crippen LogP contribution in [0.4, 0.5) is 4.39 Å². The maximum atomic E-state index is 13.2. The van der Waals surface area contributed by atoms with Gasteiger partial charge in [0, 0.05) is 44.6 Å². The Kier molecular flexibility index (Phi) is 8.00. The summed E-state index contributed by atoms with van der Waals surface area (Å²) in [6.45, 7) is 1.24. The van der Waals surface area contributed by atoms with E-state index in [9.17, 15) is 22.4 Å². The Morgan fingerprint density at radius 3 is 2.34 bits per heavy atom. The Bertz CT molecular complexity index is 1100. The maximum Gasteiger partial charge on any atom is 0.255 e. The van der Waals surface area contributed by atoms with Gasteiger partial charge in [-0.1, -0.05) is 41.9 Å². The smallest absolute Gasteiger partial charge is 0.255 e. The van der Waals surface area contributed by atoms with Crippen LogP contribution in [-0.2, 0) is 14.8 Å². The first-order valence-electron chi connectivity index (χ1n) is 10.00. The Labute approximate surface area is 191 Å². The molecule has 7 nitrogen and oxygen atoms in total. The number of benzene rings is 2. The zero-order valence-corrected chi connectivity index (χ0v) is 18.8. The third kappa shape index (κ3) is 6.62. The first-order valence-corrected chi connectivity index (χ1v) is 11.9. The molecular formula is C22H23ClFN3O4S. The lowest BCUT2D eigenvalue weighted by atomic mass is 10.1. The summed E-state index contributed by atoms with van der Waals surface area (Å²) < 4.78 is 39.7. The van der Waals surface area contributed by atoms with E-state index in [4.69, 9.17) is 11.6 Å². The van der Waals surface area contributed by atoms with Gasteiger partial charge in [0.15, 0.2) is 0 Å². The lowest BCUT2D eigenvalue weighted by Gasteiger charge is -2.35. The Morgan fingerprint density at radius 1 is 1.03 bits per heavy atom. The molecule has 2 amide bonds. The standard InChI is InChI=1S/C22H23ClFN3O4S/c23-20-16-18(24)6-7-19(20)22(29)27-13-11-26(12-14-27)21(28)8-10-25-32(30,31)15-9-17-4-2-1-3-5-17/h1-7,9,15-16,25H,8,10-14H2/b15-9+. The number of amides is 2. The van der Waals surface area contributed by atoms with E-state index in [1.165, 1.54) is 18.2 Å². The van der Waals surface area contributed by atoms with Gasteiger partial charge in [-0.15, -0.1) is 0 Å². The number of piperazine rings is 1. The normalized spacial score (nSPS) is 14.7. The fraction of sp³-hybridized carbons (Fsp3) is 0.273. The van der Waals surface area contributed by atoms with Gasteiger partial charge in [-0.25, -0.2) is 17.5 Å². The van der Waals surface area contributed by atoms with Gasteiger partial charge in [-0.2, -0.15) is 0 Å². The topological polar surface area (TPSA) is 86.8 Å². The molecule has 0 atom stereocenters. The highest BCUT2D eigenvalue weighted by Crippen LogP contribution is 2.20. The van der Waals surface area contributed by atoms with Crippen LogP contribution in [-0.4, -0.2) is 62.8 Å². The summed E-state index contributed by atoms with van der Waals surface area (Å²) >= 11 is 5.96. The van der Waals surface area contributed by atoms with E-state index < -0.39 is 15.8 Å². The van der Waals surface area contributed by atoms with Crippen LogP contribution in [0.25, 0.3) is 6.08 Å². The largest absolute Gasteiger partial charge is 0.339 e. The van der Waals surface area contributed by atoms with E-state index in [1.807, 2.05) is 6.07 Å². The molecule has 1 N–H and O–H groups in total. The number of rotatable bonds is 7. The van der Waals surface area contributed by atoms with Crippen LogP contribution >= 0.6 is 11.6 Å². The molecule has 32 heavy (non-hydrogen) atoms. The molecule has 3 rings (SSSR count). The molecule has 0 saturated carbocycles. The van der Waals surface area contributed by atoms with E-state index in [1.54, 1.807) is 34.1 Å². The third-order valence-electron chi connectivity index (χ3n) is 4.96. The van der Waals surface area contributed by atoms with Crippen LogP contribution in [0.5, 0.6) is 0 Å². The first kappa shape index (κ1) is 23.9. The summed E-state index contributed by atoms with van der Waals surface area (Å²) in [5.74, 6) is -1.04. The summed E-state index contributed by atoms with van der Waals surface area (Å²) in [4.78, 5) is 28.1. The monoisotopic (exact) mass is 479 g/mol. The van der Waals surface area contributed by atoms with Crippen molar-refractivity contribution in [2.75, 3.05) is 32.7 Å². The quantitative estimate of drug-likeness (QED) is 0.661. The van der Waals surface area contributed by atoms with Crippen molar-refractivity contribution < 1.29 is 22.4 Å². The van der Waals surface area contributed by atoms with Gasteiger partial charge in [-0.3, -0.25) is 9.59 Å². The van der Waals surface area contributed by atoms with Crippen LogP contribution in [0.1, 0.15) is 22.3 Å². The second-order valence-corrected chi connectivity index (χ2v) is 9.26. The number of carbonyl (C=O) groups is 2. The zero-order valence-electron chi connectivity index (χ0n) is 17.2. The molecule has 2 aromatic carbocycles. The fourth-order valence-electron chi connectivity index (χ4n) is 3.23. The van der Waals surface area contributed by atoms with Crippen molar-refractivity contribution in [2.24, 2.45) is 0 Å². The molecule has 170 valence electrons. The van der Waals surface area contributed by atoms with Gasteiger partial charge >= 0.3 is 0 Å². The van der Waals surface area contributed by atoms with E-state index in [2.05, 4.69) is 4.72 Å². The van der Waals surface area contributed by atoms with Crippen molar-refractivity contribution in [3.63, 3.8) is 0 Å². The van der Waals surface area contributed by atoms with Gasteiger partial charge in [0.05, 0.1) is 10.6 Å². The Hall–Kier alpha value is -2.75. The highest BCUT2D eigenvalue weighted by Gasteiger charge is 2.26. The predicted molar refractivity (Wildman–Crippen MR) is 121 cm³/mol.